The van der Waals surface area contributed by atoms with Gasteiger partial charge in [0.1, 0.15) is 34.4 Å². The molecule has 1 aliphatic carbocycles. The van der Waals surface area contributed by atoms with E-state index < -0.39 is 0 Å². The van der Waals surface area contributed by atoms with Crippen LogP contribution in [0.4, 0.5) is 4.39 Å². The van der Waals surface area contributed by atoms with E-state index in [1.165, 1.54) is 12.3 Å². The Kier molecular flexibility index (Phi) is 5.22. The van der Waals surface area contributed by atoms with Crippen molar-refractivity contribution < 1.29 is 9.13 Å². The molecule has 1 aliphatic heterocycles. The van der Waals surface area contributed by atoms with Gasteiger partial charge in [-0.3, -0.25) is 4.98 Å². The fourth-order valence-corrected chi connectivity index (χ4v) is 4.94. The molecule has 2 fully saturated rings. The minimum Gasteiger partial charge on any atom is -0.490 e. The van der Waals surface area contributed by atoms with E-state index in [-0.39, 0.29) is 11.2 Å². The number of ether oxygens (including phenoxy) is 1. The van der Waals surface area contributed by atoms with Gasteiger partial charge in [0, 0.05) is 17.2 Å². The lowest BCUT2D eigenvalue weighted by atomic mass is 10.0. The van der Waals surface area contributed by atoms with Crippen LogP contribution in [0, 0.1) is 24.1 Å². The van der Waals surface area contributed by atoms with Gasteiger partial charge in [0.25, 0.3) is 0 Å². The second-order valence-electron chi connectivity index (χ2n) is 9.44. The molecule has 1 saturated carbocycles. The maximum atomic E-state index is 13.4. The van der Waals surface area contributed by atoms with E-state index in [0.717, 1.165) is 61.4 Å². The van der Waals surface area contributed by atoms with Crippen LogP contribution in [0.2, 0.25) is 0 Å². The molecule has 0 spiro atoms. The number of nitrogens with one attached hydrogen (secondary N) is 1. The number of piperidine rings is 1. The Labute approximate surface area is 201 Å². The Morgan fingerprint density at radius 3 is 2.80 bits per heavy atom. The van der Waals surface area contributed by atoms with E-state index in [1.807, 2.05) is 23.9 Å². The number of rotatable bonds is 6. The third kappa shape index (κ3) is 3.82. The highest BCUT2D eigenvalue weighted by Crippen LogP contribution is 2.48. The molecular formula is C25H25FN8O. The molecule has 178 valence electrons. The number of nitrogens with zero attached hydrogens (tertiary/aromatic N) is 7. The first-order valence-corrected chi connectivity index (χ1v) is 11.9. The van der Waals surface area contributed by atoms with E-state index >= 15 is 0 Å². The molecule has 35 heavy (non-hydrogen) atoms. The van der Waals surface area contributed by atoms with Gasteiger partial charge in [0.2, 0.25) is 0 Å². The standard InChI is InChI=1S/C25H25FN8O/c1-16-23(31-32-34(16)20-4-8-28-9-5-20)17-10-21(24-18(11-27)12-30-33(24)14-17)35-15-25(6-7-25)22-3-2-19(26)13-29-22/h2-3,10,12-14,20,28H,4-9,15H2,1H3. The molecule has 0 aromatic carbocycles. The average Bonchev–Trinajstić information content (AvgIpc) is 3.40. The second kappa shape index (κ2) is 8.43. The number of hydrogen-bond donors (Lipinski definition) is 1. The average molecular weight is 473 g/mol. The molecule has 2 aliphatic rings. The summed E-state index contributed by atoms with van der Waals surface area (Å²) in [6, 6.07) is 7.59. The third-order valence-electron chi connectivity index (χ3n) is 7.18. The van der Waals surface area contributed by atoms with Gasteiger partial charge in [-0.05, 0) is 63.9 Å². The zero-order chi connectivity index (χ0) is 24.0. The molecule has 1 N–H and O–H groups in total. The summed E-state index contributed by atoms with van der Waals surface area (Å²) in [5.41, 5.74) is 4.20. The molecule has 10 heteroatoms. The fourth-order valence-electron chi connectivity index (χ4n) is 4.94. The minimum atomic E-state index is -0.356. The number of halogens is 1. The van der Waals surface area contributed by atoms with Crippen molar-refractivity contribution in [2.24, 2.45) is 0 Å². The minimum absolute atomic E-state index is 0.248. The molecular weight excluding hydrogens is 447 g/mol. The molecule has 1 saturated heterocycles. The highest BCUT2D eigenvalue weighted by atomic mass is 19.1. The Morgan fingerprint density at radius 2 is 2.09 bits per heavy atom. The summed E-state index contributed by atoms with van der Waals surface area (Å²) in [6.45, 7) is 4.35. The number of fused-ring (bicyclic) bond motifs is 1. The van der Waals surface area contributed by atoms with E-state index in [1.54, 1.807) is 16.8 Å². The van der Waals surface area contributed by atoms with Crippen LogP contribution in [0.5, 0.6) is 5.75 Å². The summed E-state index contributed by atoms with van der Waals surface area (Å²) in [5, 5.41) is 26.4. The summed E-state index contributed by atoms with van der Waals surface area (Å²) in [6.07, 6.45) is 8.50. The molecule has 0 bridgehead atoms. The highest BCUT2D eigenvalue weighted by molar-refractivity contribution is 5.74. The lowest BCUT2D eigenvalue weighted by molar-refractivity contribution is 0.277. The molecule has 6 rings (SSSR count). The van der Waals surface area contributed by atoms with E-state index in [9.17, 15) is 9.65 Å². The van der Waals surface area contributed by atoms with Gasteiger partial charge >= 0.3 is 0 Å². The normalized spacial score (nSPS) is 17.4. The number of nitriles is 1. The highest BCUT2D eigenvalue weighted by Gasteiger charge is 2.46. The lowest BCUT2D eigenvalue weighted by Crippen LogP contribution is -2.30. The van der Waals surface area contributed by atoms with E-state index in [2.05, 4.69) is 31.8 Å². The molecule has 5 heterocycles. The Morgan fingerprint density at radius 1 is 1.26 bits per heavy atom. The zero-order valence-electron chi connectivity index (χ0n) is 19.4. The van der Waals surface area contributed by atoms with Gasteiger partial charge in [-0.1, -0.05) is 5.21 Å². The number of hydrogen-bond acceptors (Lipinski definition) is 7. The van der Waals surface area contributed by atoms with Crippen LogP contribution in [0.25, 0.3) is 16.8 Å². The summed E-state index contributed by atoms with van der Waals surface area (Å²) in [7, 11) is 0. The number of pyridine rings is 2. The van der Waals surface area contributed by atoms with Crippen LogP contribution in [0.3, 0.4) is 0 Å². The predicted octanol–water partition coefficient (Wildman–Crippen LogP) is 3.34. The van der Waals surface area contributed by atoms with E-state index in [0.29, 0.717) is 29.5 Å². The molecule has 0 atom stereocenters. The van der Waals surface area contributed by atoms with Crippen molar-refractivity contribution in [3.63, 3.8) is 0 Å². The van der Waals surface area contributed by atoms with Crippen LogP contribution in [-0.4, -0.2) is 49.3 Å². The van der Waals surface area contributed by atoms with Crippen molar-refractivity contribution in [3.8, 4) is 23.1 Å². The van der Waals surface area contributed by atoms with Crippen molar-refractivity contribution >= 4 is 5.52 Å². The summed E-state index contributed by atoms with van der Waals surface area (Å²) < 4.78 is 23.4. The van der Waals surface area contributed by atoms with Gasteiger partial charge in [0.15, 0.2) is 0 Å². The van der Waals surface area contributed by atoms with Crippen LogP contribution < -0.4 is 10.1 Å². The smallest absolute Gasteiger partial charge is 0.147 e. The van der Waals surface area contributed by atoms with Crippen molar-refractivity contribution in [2.75, 3.05) is 19.7 Å². The summed E-state index contributed by atoms with van der Waals surface area (Å²) in [5.74, 6) is 0.200. The monoisotopic (exact) mass is 472 g/mol. The SMILES string of the molecule is Cc1c(-c2cc(OCC3(c4ccc(F)cn4)CC3)c3c(C#N)cnn3c2)nnn1C1CCNCC1. The first kappa shape index (κ1) is 21.7. The Balaban J connectivity index is 1.35. The first-order valence-electron chi connectivity index (χ1n) is 11.9. The van der Waals surface area contributed by atoms with Gasteiger partial charge < -0.3 is 10.1 Å². The van der Waals surface area contributed by atoms with Crippen molar-refractivity contribution in [1.29, 1.82) is 5.26 Å². The second-order valence-corrected chi connectivity index (χ2v) is 9.44. The maximum absolute atomic E-state index is 13.4. The van der Waals surface area contributed by atoms with E-state index in [4.69, 9.17) is 4.74 Å². The molecule has 0 amide bonds. The lowest BCUT2D eigenvalue weighted by Gasteiger charge is -2.23. The molecule has 0 unspecified atom stereocenters. The third-order valence-corrected chi connectivity index (χ3v) is 7.18. The number of aromatic nitrogens is 6. The van der Waals surface area contributed by atoms with Crippen LogP contribution in [0.15, 0.2) is 36.8 Å². The van der Waals surface area contributed by atoms with Gasteiger partial charge in [-0.25, -0.2) is 13.6 Å². The van der Waals surface area contributed by atoms with Crippen molar-refractivity contribution in [1.82, 2.24) is 34.9 Å². The van der Waals surface area contributed by atoms with Crippen LogP contribution in [-0.2, 0) is 5.41 Å². The molecule has 4 aromatic heterocycles. The van der Waals surface area contributed by atoms with Gasteiger partial charge in [-0.2, -0.15) is 10.4 Å². The quantitative estimate of drug-likeness (QED) is 0.459. The zero-order valence-corrected chi connectivity index (χ0v) is 19.4. The van der Waals surface area contributed by atoms with Crippen LogP contribution in [0.1, 0.15) is 48.7 Å². The van der Waals surface area contributed by atoms with Gasteiger partial charge in [-0.15, -0.1) is 5.10 Å². The first-order chi connectivity index (χ1) is 17.1. The Bertz CT molecular complexity index is 1420. The fraction of sp³-hybridized carbons (Fsp3) is 0.400. The van der Waals surface area contributed by atoms with Crippen LogP contribution >= 0.6 is 0 Å². The maximum Gasteiger partial charge on any atom is 0.147 e. The molecule has 0 radical (unpaired) electrons. The molecule has 4 aromatic rings. The topological polar surface area (TPSA) is 106 Å². The molecule has 9 nitrogen and oxygen atoms in total. The van der Waals surface area contributed by atoms with Gasteiger partial charge in [0.05, 0.1) is 36.4 Å². The largest absolute Gasteiger partial charge is 0.490 e. The van der Waals surface area contributed by atoms with Crippen molar-refractivity contribution in [2.45, 2.75) is 44.1 Å². The summed E-state index contributed by atoms with van der Waals surface area (Å²) >= 11 is 0. The Hall–Kier alpha value is -3.84. The predicted molar refractivity (Wildman–Crippen MR) is 125 cm³/mol. The van der Waals surface area contributed by atoms with Crippen molar-refractivity contribution in [3.05, 3.63) is 59.6 Å². The summed E-state index contributed by atoms with van der Waals surface area (Å²) in [4.78, 5) is 4.28.